The zero-order chi connectivity index (χ0) is 11.4. The summed E-state index contributed by atoms with van der Waals surface area (Å²) in [4.78, 5) is 11.6. The number of benzene rings is 1. The van der Waals surface area contributed by atoms with Gasteiger partial charge in [-0.05, 0) is 25.1 Å². The predicted octanol–water partition coefficient (Wildman–Crippen LogP) is 1.03. The maximum Gasteiger partial charge on any atom is 0.253 e. The fourth-order valence-electron chi connectivity index (χ4n) is 1.09. The molecule has 0 aliphatic carbocycles. The summed E-state index contributed by atoms with van der Waals surface area (Å²) in [5.74, 6) is -0.314. The number of carbonyl (C=O) groups excluding carboxylic acids is 1. The lowest BCUT2D eigenvalue weighted by atomic mass is 10.1. The summed E-state index contributed by atoms with van der Waals surface area (Å²) in [6.07, 6.45) is 0. The van der Waals surface area contributed by atoms with Gasteiger partial charge in [-0.25, -0.2) is 0 Å². The Balaban J connectivity index is 2.82. The molecule has 0 unspecified atom stereocenters. The molecule has 1 amide bonds. The van der Waals surface area contributed by atoms with Crippen molar-refractivity contribution in [1.82, 2.24) is 5.32 Å². The number of anilines is 1. The average molecular weight is 229 g/mol. The molecule has 1 rings (SSSR count). The second-order valence-corrected chi connectivity index (χ2v) is 3.73. The summed E-state index contributed by atoms with van der Waals surface area (Å²) in [7, 11) is 0. The molecule has 0 fully saturated rings. The molecule has 15 heavy (non-hydrogen) atoms. The molecule has 1 aromatic rings. The SMILES string of the molecule is C[C@@H](CO)NC(=O)c1ccc(Cl)cc1N. The first-order valence-corrected chi connectivity index (χ1v) is 4.89. The second-order valence-electron chi connectivity index (χ2n) is 3.29. The first-order chi connectivity index (χ1) is 7.04. The summed E-state index contributed by atoms with van der Waals surface area (Å²) >= 11 is 5.70. The van der Waals surface area contributed by atoms with E-state index in [-0.39, 0.29) is 18.6 Å². The fourth-order valence-corrected chi connectivity index (χ4v) is 1.27. The van der Waals surface area contributed by atoms with E-state index in [1.165, 1.54) is 6.07 Å². The van der Waals surface area contributed by atoms with Gasteiger partial charge in [-0.3, -0.25) is 4.79 Å². The van der Waals surface area contributed by atoms with Crippen LogP contribution in [0, 0.1) is 0 Å². The van der Waals surface area contributed by atoms with Crippen molar-refractivity contribution in [2.75, 3.05) is 12.3 Å². The standard InChI is InChI=1S/C10H13ClN2O2/c1-6(5-14)13-10(15)8-3-2-7(11)4-9(8)12/h2-4,6,14H,5,12H2,1H3,(H,13,15)/t6-/m0/s1. The Morgan fingerprint density at radius 1 is 1.67 bits per heavy atom. The van der Waals surface area contributed by atoms with Crippen LogP contribution in [-0.2, 0) is 0 Å². The van der Waals surface area contributed by atoms with Crippen LogP contribution in [0.4, 0.5) is 5.69 Å². The van der Waals surface area contributed by atoms with E-state index >= 15 is 0 Å². The number of nitrogen functional groups attached to an aromatic ring is 1. The molecule has 4 nitrogen and oxygen atoms in total. The summed E-state index contributed by atoms with van der Waals surface area (Å²) < 4.78 is 0. The van der Waals surface area contributed by atoms with Crippen LogP contribution in [-0.4, -0.2) is 23.7 Å². The molecule has 0 saturated heterocycles. The Morgan fingerprint density at radius 2 is 2.33 bits per heavy atom. The Kier molecular flexibility index (Phi) is 3.94. The van der Waals surface area contributed by atoms with Gasteiger partial charge >= 0.3 is 0 Å². The van der Waals surface area contributed by atoms with Crippen LogP contribution in [0.25, 0.3) is 0 Å². The molecule has 0 saturated carbocycles. The maximum absolute atomic E-state index is 11.6. The molecular weight excluding hydrogens is 216 g/mol. The van der Waals surface area contributed by atoms with Gasteiger partial charge in [0.2, 0.25) is 0 Å². The van der Waals surface area contributed by atoms with E-state index in [1.54, 1.807) is 19.1 Å². The fraction of sp³-hybridized carbons (Fsp3) is 0.300. The van der Waals surface area contributed by atoms with Crippen molar-refractivity contribution in [3.8, 4) is 0 Å². The summed E-state index contributed by atoms with van der Waals surface area (Å²) in [5, 5.41) is 11.9. The van der Waals surface area contributed by atoms with Gasteiger partial charge in [0, 0.05) is 16.8 Å². The number of nitrogens with one attached hydrogen (secondary N) is 1. The topological polar surface area (TPSA) is 75.3 Å². The number of hydrogen-bond donors (Lipinski definition) is 3. The van der Waals surface area contributed by atoms with E-state index in [0.29, 0.717) is 16.3 Å². The summed E-state index contributed by atoms with van der Waals surface area (Å²) in [6, 6.07) is 4.36. The zero-order valence-electron chi connectivity index (χ0n) is 8.33. The quantitative estimate of drug-likeness (QED) is 0.677. The smallest absolute Gasteiger partial charge is 0.253 e. The number of hydrogen-bond acceptors (Lipinski definition) is 3. The molecule has 0 heterocycles. The van der Waals surface area contributed by atoms with Crippen LogP contribution in [0.5, 0.6) is 0 Å². The van der Waals surface area contributed by atoms with Crippen molar-refractivity contribution in [1.29, 1.82) is 0 Å². The lowest BCUT2D eigenvalue weighted by Crippen LogP contribution is -2.35. The van der Waals surface area contributed by atoms with Crippen molar-refractivity contribution < 1.29 is 9.90 Å². The minimum absolute atomic E-state index is 0.112. The number of carbonyl (C=O) groups is 1. The van der Waals surface area contributed by atoms with Crippen LogP contribution in [0.1, 0.15) is 17.3 Å². The monoisotopic (exact) mass is 228 g/mol. The highest BCUT2D eigenvalue weighted by Crippen LogP contribution is 2.17. The van der Waals surface area contributed by atoms with Gasteiger partial charge in [-0.1, -0.05) is 11.6 Å². The molecule has 0 aliphatic heterocycles. The normalized spacial score (nSPS) is 12.2. The number of aliphatic hydroxyl groups excluding tert-OH is 1. The Hall–Kier alpha value is -1.26. The van der Waals surface area contributed by atoms with Gasteiger partial charge in [-0.2, -0.15) is 0 Å². The Labute approximate surface area is 93.0 Å². The molecule has 0 bridgehead atoms. The number of amides is 1. The van der Waals surface area contributed by atoms with Gasteiger partial charge in [0.05, 0.1) is 12.2 Å². The van der Waals surface area contributed by atoms with Gasteiger partial charge in [0.15, 0.2) is 0 Å². The number of aliphatic hydroxyl groups is 1. The number of nitrogens with two attached hydrogens (primary N) is 1. The first-order valence-electron chi connectivity index (χ1n) is 4.51. The number of halogens is 1. The molecular formula is C10H13ClN2O2. The highest BCUT2D eigenvalue weighted by molar-refractivity contribution is 6.31. The molecule has 4 N–H and O–H groups in total. The van der Waals surface area contributed by atoms with Crippen LogP contribution >= 0.6 is 11.6 Å². The lowest BCUT2D eigenvalue weighted by molar-refractivity contribution is 0.0923. The first kappa shape index (κ1) is 11.8. The minimum atomic E-state index is -0.314. The summed E-state index contributed by atoms with van der Waals surface area (Å²) in [6.45, 7) is 1.59. The highest BCUT2D eigenvalue weighted by atomic mass is 35.5. The third-order valence-corrected chi connectivity index (χ3v) is 2.14. The minimum Gasteiger partial charge on any atom is -0.398 e. The largest absolute Gasteiger partial charge is 0.398 e. The molecule has 82 valence electrons. The van der Waals surface area contributed by atoms with Crippen LogP contribution in [0.2, 0.25) is 5.02 Å². The van der Waals surface area contributed by atoms with Gasteiger partial charge in [-0.15, -0.1) is 0 Å². The maximum atomic E-state index is 11.6. The van der Waals surface area contributed by atoms with E-state index in [0.717, 1.165) is 0 Å². The van der Waals surface area contributed by atoms with E-state index in [1.807, 2.05) is 0 Å². The van der Waals surface area contributed by atoms with Crippen LogP contribution in [0.15, 0.2) is 18.2 Å². The summed E-state index contributed by atoms with van der Waals surface area (Å²) in [5.41, 5.74) is 6.32. The third kappa shape index (κ3) is 3.11. The molecule has 0 aliphatic rings. The van der Waals surface area contributed by atoms with Gasteiger partial charge in [0.1, 0.15) is 0 Å². The van der Waals surface area contributed by atoms with Crippen molar-refractivity contribution in [3.05, 3.63) is 28.8 Å². The van der Waals surface area contributed by atoms with Crippen molar-refractivity contribution in [2.24, 2.45) is 0 Å². The molecule has 5 heteroatoms. The van der Waals surface area contributed by atoms with Crippen molar-refractivity contribution >= 4 is 23.2 Å². The molecule has 1 aromatic carbocycles. The Morgan fingerprint density at radius 3 is 2.87 bits per heavy atom. The third-order valence-electron chi connectivity index (χ3n) is 1.91. The highest BCUT2D eigenvalue weighted by Gasteiger charge is 2.11. The van der Waals surface area contributed by atoms with Gasteiger partial charge < -0.3 is 16.2 Å². The second kappa shape index (κ2) is 5.00. The molecule has 0 aromatic heterocycles. The molecule has 0 spiro atoms. The van der Waals surface area contributed by atoms with Crippen molar-refractivity contribution in [3.63, 3.8) is 0 Å². The predicted molar refractivity (Wildman–Crippen MR) is 59.9 cm³/mol. The van der Waals surface area contributed by atoms with Crippen LogP contribution in [0.3, 0.4) is 0 Å². The molecule has 0 radical (unpaired) electrons. The van der Waals surface area contributed by atoms with E-state index in [4.69, 9.17) is 22.4 Å². The Bertz CT molecular complexity index is 368. The molecule has 1 atom stereocenters. The van der Waals surface area contributed by atoms with E-state index < -0.39 is 0 Å². The number of rotatable bonds is 3. The van der Waals surface area contributed by atoms with Crippen LogP contribution < -0.4 is 11.1 Å². The zero-order valence-corrected chi connectivity index (χ0v) is 9.08. The van der Waals surface area contributed by atoms with Gasteiger partial charge in [0.25, 0.3) is 5.91 Å². The van der Waals surface area contributed by atoms with E-state index in [9.17, 15) is 4.79 Å². The van der Waals surface area contributed by atoms with Crippen molar-refractivity contribution in [2.45, 2.75) is 13.0 Å². The average Bonchev–Trinajstić information content (AvgIpc) is 2.17. The lowest BCUT2D eigenvalue weighted by Gasteiger charge is -2.12. The van der Waals surface area contributed by atoms with E-state index in [2.05, 4.69) is 5.32 Å².